The zero-order valence-electron chi connectivity index (χ0n) is 13.0. The van der Waals surface area contributed by atoms with Crippen LogP contribution in [0.5, 0.6) is 5.75 Å². The van der Waals surface area contributed by atoms with Crippen LogP contribution in [0.1, 0.15) is 37.1 Å². The van der Waals surface area contributed by atoms with Crippen LogP contribution in [0.15, 0.2) is 30.7 Å². The third kappa shape index (κ3) is 3.82. The summed E-state index contributed by atoms with van der Waals surface area (Å²) in [5.41, 5.74) is 2.43. The molecule has 0 aromatic carbocycles. The van der Waals surface area contributed by atoms with Crippen molar-refractivity contribution in [1.82, 2.24) is 20.1 Å². The Labute approximate surface area is 126 Å². The van der Waals surface area contributed by atoms with Gasteiger partial charge in [0.15, 0.2) is 5.75 Å². The first-order valence-corrected chi connectivity index (χ1v) is 7.46. The lowest BCUT2D eigenvalue weighted by Gasteiger charge is -2.19. The maximum Gasteiger partial charge on any atom is 0.161 e. The van der Waals surface area contributed by atoms with Crippen LogP contribution in [0, 0.1) is 0 Å². The van der Waals surface area contributed by atoms with Crippen LogP contribution in [0.4, 0.5) is 0 Å². The SMILES string of the molecule is CCCn1ncc(OC)c1C(CCc1ccncc1)NC. The summed E-state index contributed by atoms with van der Waals surface area (Å²) in [5.74, 6) is 0.859. The number of nitrogens with zero attached hydrogens (tertiary/aromatic N) is 3. The number of ether oxygens (including phenoxy) is 1. The Morgan fingerprint density at radius 3 is 2.71 bits per heavy atom. The molecule has 1 unspecified atom stereocenters. The molecule has 0 amide bonds. The molecule has 2 rings (SSSR count). The van der Waals surface area contributed by atoms with Crippen molar-refractivity contribution >= 4 is 0 Å². The van der Waals surface area contributed by atoms with Crippen molar-refractivity contribution in [3.05, 3.63) is 42.0 Å². The molecule has 2 aromatic heterocycles. The molecule has 0 spiro atoms. The zero-order chi connectivity index (χ0) is 15.1. The Bertz CT molecular complexity index is 538. The average molecular weight is 288 g/mol. The van der Waals surface area contributed by atoms with E-state index in [9.17, 15) is 0 Å². The molecule has 5 heteroatoms. The van der Waals surface area contributed by atoms with Crippen molar-refractivity contribution in [2.24, 2.45) is 0 Å². The summed E-state index contributed by atoms with van der Waals surface area (Å²) in [5, 5.41) is 7.83. The molecule has 0 radical (unpaired) electrons. The number of hydrogen-bond donors (Lipinski definition) is 1. The van der Waals surface area contributed by atoms with E-state index >= 15 is 0 Å². The lowest BCUT2D eigenvalue weighted by atomic mass is 10.0. The first kappa shape index (κ1) is 15.5. The molecule has 2 heterocycles. The number of pyridine rings is 1. The zero-order valence-corrected chi connectivity index (χ0v) is 13.0. The highest BCUT2D eigenvalue weighted by Crippen LogP contribution is 2.28. The summed E-state index contributed by atoms with van der Waals surface area (Å²) in [6, 6.07) is 4.35. The summed E-state index contributed by atoms with van der Waals surface area (Å²) >= 11 is 0. The topological polar surface area (TPSA) is 52.0 Å². The van der Waals surface area contributed by atoms with Crippen molar-refractivity contribution in [3.8, 4) is 5.75 Å². The largest absolute Gasteiger partial charge is 0.493 e. The monoisotopic (exact) mass is 288 g/mol. The summed E-state index contributed by atoms with van der Waals surface area (Å²) in [7, 11) is 3.69. The Kier molecular flexibility index (Phi) is 5.75. The Morgan fingerprint density at radius 2 is 2.10 bits per heavy atom. The molecule has 0 fully saturated rings. The minimum absolute atomic E-state index is 0.224. The van der Waals surface area contributed by atoms with Gasteiger partial charge in [-0.3, -0.25) is 9.67 Å². The molecule has 21 heavy (non-hydrogen) atoms. The highest BCUT2D eigenvalue weighted by molar-refractivity contribution is 5.28. The van der Waals surface area contributed by atoms with Gasteiger partial charge >= 0.3 is 0 Å². The maximum atomic E-state index is 5.47. The standard InChI is InChI=1S/C16H24N4O/c1-4-11-20-16(15(21-3)12-19-20)14(17-2)6-5-13-7-9-18-10-8-13/h7-10,12,14,17H,4-6,11H2,1-3H3. The molecule has 0 aliphatic carbocycles. The molecular formula is C16H24N4O. The predicted octanol–water partition coefficient (Wildman–Crippen LogP) is 2.59. The van der Waals surface area contributed by atoms with Gasteiger partial charge in [0, 0.05) is 18.9 Å². The van der Waals surface area contributed by atoms with E-state index < -0.39 is 0 Å². The molecule has 0 aliphatic heterocycles. The van der Waals surface area contributed by atoms with E-state index in [2.05, 4.69) is 34.5 Å². The van der Waals surface area contributed by atoms with E-state index in [0.29, 0.717) is 0 Å². The summed E-state index contributed by atoms with van der Waals surface area (Å²) in [4.78, 5) is 4.06. The molecule has 0 aliphatic rings. The number of aryl methyl sites for hydroxylation is 2. The van der Waals surface area contributed by atoms with Crippen LogP contribution >= 0.6 is 0 Å². The summed E-state index contributed by atoms with van der Waals surface area (Å²) in [6.45, 7) is 3.06. The summed E-state index contributed by atoms with van der Waals surface area (Å²) < 4.78 is 7.52. The molecule has 114 valence electrons. The second kappa shape index (κ2) is 7.78. The van der Waals surface area contributed by atoms with Crippen molar-refractivity contribution < 1.29 is 4.74 Å². The fourth-order valence-electron chi connectivity index (χ4n) is 2.55. The van der Waals surface area contributed by atoms with E-state index in [0.717, 1.165) is 37.3 Å². The van der Waals surface area contributed by atoms with Gasteiger partial charge in [0.25, 0.3) is 0 Å². The normalized spacial score (nSPS) is 12.3. The second-order valence-corrected chi connectivity index (χ2v) is 5.06. The van der Waals surface area contributed by atoms with Gasteiger partial charge in [0.05, 0.1) is 25.0 Å². The van der Waals surface area contributed by atoms with Gasteiger partial charge in [-0.1, -0.05) is 6.92 Å². The van der Waals surface area contributed by atoms with Crippen LogP contribution in [0.3, 0.4) is 0 Å². The van der Waals surface area contributed by atoms with Crippen molar-refractivity contribution in [1.29, 1.82) is 0 Å². The fraction of sp³-hybridized carbons (Fsp3) is 0.500. The van der Waals surface area contributed by atoms with Gasteiger partial charge in [-0.05, 0) is 44.0 Å². The Balaban J connectivity index is 2.14. The first-order valence-electron chi connectivity index (χ1n) is 7.46. The van der Waals surface area contributed by atoms with Gasteiger partial charge in [0.1, 0.15) is 0 Å². The minimum Gasteiger partial charge on any atom is -0.493 e. The van der Waals surface area contributed by atoms with Gasteiger partial charge in [-0.25, -0.2) is 0 Å². The van der Waals surface area contributed by atoms with E-state index in [-0.39, 0.29) is 6.04 Å². The van der Waals surface area contributed by atoms with E-state index in [1.165, 1.54) is 5.56 Å². The third-order valence-electron chi connectivity index (χ3n) is 3.65. The van der Waals surface area contributed by atoms with Gasteiger partial charge in [-0.15, -0.1) is 0 Å². The van der Waals surface area contributed by atoms with E-state index in [4.69, 9.17) is 4.74 Å². The maximum absolute atomic E-state index is 5.47. The number of nitrogens with one attached hydrogen (secondary N) is 1. The molecule has 0 saturated carbocycles. The number of rotatable bonds is 8. The van der Waals surface area contributed by atoms with Crippen molar-refractivity contribution in [2.75, 3.05) is 14.2 Å². The molecule has 2 aromatic rings. The number of hydrogen-bond acceptors (Lipinski definition) is 4. The molecule has 0 bridgehead atoms. The van der Waals surface area contributed by atoms with Crippen LogP contribution in [0.2, 0.25) is 0 Å². The lowest BCUT2D eigenvalue weighted by molar-refractivity contribution is 0.389. The van der Waals surface area contributed by atoms with Crippen LogP contribution in [0.25, 0.3) is 0 Å². The lowest BCUT2D eigenvalue weighted by Crippen LogP contribution is -2.22. The molecular weight excluding hydrogens is 264 g/mol. The average Bonchev–Trinajstić information content (AvgIpc) is 2.92. The molecule has 1 atom stereocenters. The van der Waals surface area contributed by atoms with Crippen molar-refractivity contribution in [3.63, 3.8) is 0 Å². The molecule has 0 saturated heterocycles. The van der Waals surface area contributed by atoms with Gasteiger partial charge < -0.3 is 10.1 Å². The van der Waals surface area contributed by atoms with E-state index in [1.807, 2.05) is 30.3 Å². The minimum atomic E-state index is 0.224. The van der Waals surface area contributed by atoms with Crippen LogP contribution < -0.4 is 10.1 Å². The van der Waals surface area contributed by atoms with Crippen LogP contribution in [-0.4, -0.2) is 28.9 Å². The van der Waals surface area contributed by atoms with Gasteiger partial charge in [-0.2, -0.15) is 5.10 Å². The summed E-state index contributed by atoms with van der Waals surface area (Å²) in [6.07, 6.45) is 8.53. The highest BCUT2D eigenvalue weighted by Gasteiger charge is 2.20. The smallest absolute Gasteiger partial charge is 0.161 e. The Morgan fingerprint density at radius 1 is 1.33 bits per heavy atom. The number of aromatic nitrogens is 3. The fourth-order valence-corrected chi connectivity index (χ4v) is 2.55. The molecule has 5 nitrogen and oxygen atoms in total. The van der Waals surface area contributed by atoms with E-state index in [1.54, 1.807) is 7.11 Å². The highest BCUT2D eigenvalue weighted by atomic mass is 16.5. The van der Waals surface area contributed by atoms with Gasteiger partial charge in [0.2, 0.25) is 0 Å². The predicted molar refractivity (Wildman–Crippen MR) is 83.4 cm³/mol. The first-order chi connectivity index (χ1) is 10.3. The third-order valence-corrected chi connectivity index (χ3v) is 3.65. The second-order valence-electron chi connectivity index (χ2n) is 5.06. The Hall–Kier alpha value is -1.88. The van der Waals surface area contributed by atoms with Crippen molar-refractivity contribution in [2.45, 2.75) is 38.8 Å². The molecule has 1 N–H and O–H groups in total. The van der Waals surface area contributed by atoms with Crippen LogP contribution in [-0.2, 0) is 13.0 Å². The quantitative estimate of drug-likeness (QED) is 0.811. The number of methoxy groups -OCH3 is 1.